The third-order valence-corrected chi connectivity index (χ3v) is 6.23. The van der Waals surface area contributed by atoms with Gasteiger partial charge in [0, 0.05) is 45.3 Å². The van der Waals surface area contributed by atoms with Crippen LogP contribution in [0.5, 0.6) is 5.75 Å². The summed E-state index contributed by atoms with van der Waals surface area (Å²) in [6.45, 7) is 7.16. The smallest absolute Gasteiger partial charge is 0.490 e. The number of fused-ring (bicyclic) bond motifs is 1. The second kappa shape index (κ2) is 12.8. The number of aryl methyl sites for hydroxylation is 1. The van der Waals surface area contributed by atoms with Crippen molar-refractivity contribution in [3.05, 3.63) is 62.3 Å². The van der Waals surface area contributed by atoms with Gasteiger partial charge in [0.2, 0.25) is 5.95 Å². The number of methoxy groups -OCH3 is 1. The van der Waals surface area contributed by atoms with Crippen LogP contribution in [0.2, 0.25) is 0 Å². The van der Waals surface area contributed by atoms with Gasteiger partial charge in [0.25, 0.3) is 5.56 Å². The minimum atomic E-state index is -5.08. The maximum Gasteiger partial charge on any atom is 0.490 e. The van der Waals surface area contributed by atoms with Gasteiger partial charge in [-0.2, -0.15) is 18.2 Å². The SMILES string of the molecule is COc1cccc(C(=O)Cn2c(=O)c3c(nc(N4CCNCC4)n3CC=C(C)C)n(C)c2=O)c1.O=C(O)C(F)(F)F. The highest BCUT2D eigenvalue weighted by Gasteiger charge is 2.38. The summed E-state index contributed by atoms with van der Waals surface area (Å²) >= 11 is 0. The molecule has 0 unspecified atom stereocenters. The monoisotopic (exact) mass is 580 g/mol. The third kappa shape index (κ3) is 7.22. The summed E-state index contributed by atoms with van der Waals surface area (Å²) in [6, 6.07) is 6.66. The molecule has 3 heterocycles. The van der Waals surface area contributed by atoms with Gasteiger partial charge in [-0.15, -0.1) is 0 Å². The van der Waals surface area contributed by atoms with Crippen LogP contribution in [0, 0.1) is 0 Å². The first-order valence-corrected chi connectivity index (χ1v) is 12.5. The normalized spacial score (nSPS) is 13.4. The number of aliphatic carboxylic acids is 1. The number of carboxylic acid groups (broad SMARTS) is 1. The van der Waals surface area contributed by atoms with Crippen LogP contribution >= 0.6 is 0 Å². The molecule has 0 spiro atoms. The molecule has 41 heavy (non-hydrogen) atoms. The van der Waals surface area contributed by atoms with Gasteiger partial charge in [-0.1, -0.05) is 23.8 Å². The zero-order valence-electron chi connectivity index (χ0n) is 23.0. The van der Waals surface area contributed by atoms with E-state index in [1.807, 2.05) is 24.5 Å². The van der Waals surface area contributed by atoms with E-state index in [1.165, 1.54) is 11.7 Å². The van der Waals surface area contributed by atoms with Gasteiger partial charge in [-0.25, -0.2) is 9.59 Å². The Morgan fingerprint density at radius 1 is 1.15 bits per heavy atom. The highest BCUT2D eigenvalue weighted by molar-refractivity contribution is 5.96. The first kappa shape index (κ1) is 31.1. The number of ketones is 1. The van der Waals surface area contributed by atoms with Crippen molar-refractivity contribution in [2.45, 2.75) is 33.1 Å². The van der Waals surface area contributed by atoms with Crippen LogP contribution in [0.3, 0.4) is 0 Å². The molecule has 1 aromatic carbocycles. The van der Waals surface area contributed by atoms with Gasteiger partial charge in [-0.3, -0.25) is 18.7 Å². The first-order chi connectivity index (χ1) is 19.3. The Hall–Kier alpha value is -4.40. The predicted octanol–water partition coefficient (Wildman–Crippen LogP) is 1.80. The minimum absolute atomic E-state index is 0.312. The van der Waals surface area contributed by atoms with E-state index in [-0.39, 0.29) is 12.3 Å². The number of nitrogens with zero attached hydrogens (tertiary/aromatic N) is 5. The van der Waals surface area contributed by atoms with E-state index in [1.54, 1.807) is 31.3 Å². The Morgan fingerprint density at radius 3 is 2.34 bits per heavy atom. The molecule has 0 amide bonds. The van der Waals surface area contributed by atoms with Crippen molar-refractivity contribution in [3.63, 3.8) is 0 Å². The molecule has 0 saturated carbocycles. The second-order valence-electron chi connectivity index (χ2n) is 9.40. The van der Waals surface area contributed by atoms with Gasteiger partial charge in [0.05, 0.1) is 13.7 Å². The average molecular weight is 581 g/mol. The van der Waals surface area contributed by atoms with Crippen molar-refractivity contribution in [2.75, 3.05) is 38.2 Å². The standard InChI is InChI=1S/C24H30N6O4.C2HF3O2/c1-16(2)8-11-29-20-21(26-23(29)28-12-9-25-10-13-28)27(3)24(33)30(22(20)32)15-19(31)17-6-5-7-18(14-17)34-4;3-2(4,5)1(6)7/h5-8,14,25H,9-13,15H2,1-4H3;(H,6,7). The Balaban J connectivity index is 0.000000587. The third-order valence-electron chi connectivity index (χ3n) is 6.23. The van der Waals surface area contributed by atoms with Crippen LogP contribution in [0.25, 0.3) is 11.2 Å². The Morgan fingerprint density at radius 2 is 1.78 bits per heavy atom. The number of halogens is 3. The Bertz CT molecular complexity index is 1580. The quantitative estimate of drug-likeness (QED) is 0.316. The zero-order chi connectivity index (χ0) is 30.5. The predicted molar refractivity (Wildman–Crippen MR) is 145 cm³/mol. The van der Waals surface area contributed by atoms with Gasteiger partial charge in [0.15, 0.2) is 16.9 Å². The van der Waals surface area contributed by atoms with Crippen molar-refractivity contribution in [1.82, 2.24) is 24.0 Å². The van der Waals surface area contributed by atoms with Crippen molar-refractivity contribution in [1.29, 1.82) is 0 Å². The van der Waals surface area contributed by atoms with Gasteiger partial charge < -0.3 is 24.6 Å². The number of carbonyl (C=O) groups is 2. The maximum atomic E-state index is 13.6. The van der Waals surface area contributed by atoms with Crippen molar-refractivity contribution in [2.24, 2.45) is 7.05 Å². The molecule has 12 nitrogen and oxygen atoms in total. The molecule has 1 aliphatic rings. The molecule has 1 saturated heterocycles. The minimum Gasteiger partial charge on any atom is -0.497 e. The number of nitrogens with one attached hydrogen (secondary N) is 1. The number of imidazole rings is 1. The van der Waals surface area contributed by atoms with E-state index in [2.05, 4.69) is 10.2 Å². The zero-order valence-corrected chi connectivity index (χ0v) is 23.0. The number of rotatable bonds is 7. The van der Waals surface area contributed by atoms with E-state index in [4.69, 9.17) is 19.6 Å². The summed E-state index contributed by atoms with van der Waals surface area (Å²) in [7, 11) is 3.10. The molecule has 4 rings (SSSR count). The molecule has 2 N–H and O–H groups in total. The number of alkyl halides is 3. The number of anilines is 1. The summed E-state index contributed by atoms with van der Waals surface area (Å²) in [5, 5.41) is 10.4. The number of hydrogen-bond donors (Lipinski definition) is 2. The fourth-order valence-corrected chi connectivity index (χ4v) is 4.08. The van der Waals surface area contributed by atoms with Crippen molar-refractivity contribution in [3.8, 4) is 5.75 Å². The van der Waals surface area contributed by atoms with Crippen LogP contribution in [-0.4, -0.2) is 75.0 Å². The van der Waals surface area contributed by atoms with E-state index in [9.17, 15) is 27.6 Å². The summed E-state index contributed by atoms with van der Waals surface area (Å²) < 4.78 is 41.1. The lowest BCUT2D eigenvalue weighted by Gasteiger charge is -2.28. The lowest BCUT2D eigenvalue weighted by molar-refractivity contribution is -0.192. The Labute approximate surface area is 232 Å². The number of piperazine rings is 1. The topological polar surface area (TPSA) is 141 Å². The Kier molecular flexibility index (Phi) is 9.75. The van der Waals surface area contributed by atoms with Crippen LogP contribution in [0.1, 0.15) is 24.2 Å². The fraction of sp³-hybridized carbons (Fsp3) is 0.423. The summed E-state index contributed by atoms with van der Waals surface area (Å²) in [6.07, 6.45) is -3.07. The van der Waals surface area contributed by atoms with E-state index in [0.29, 0.717) is 35.0 Å². The maximum absolute atomic E-state index is 13.6. The molecule has 0 aliphatic carbocycles. The van der Waals surface area contributed by atoms with E-state index >= 15 is 0 Å². The number of Topliss-reactive ketones (excluding diaryl/α,β-unsaturated/α-hetero) is 1. The number of allylic oxidation sites excluding steroid dienone is 2. The first-order valence-electron chi connectivity index (χ1n) is 12.5. The molecular formula is C26H31F3N6O6. The number of aromatic nitrogens is 4. The number of ether oxygens (including phenoxy) is 1. The number of carboxylic acids is 1. The molecule has 2 aromatic heterocycles. The molecule has 0 atom stereocenters. The van der Waals surface area contributed by atoms with Gasteiger partial charge in [-0.05, 0) is 26.0 Å². The molecule has 15 heteroatoms. The fourth-order valence-electron chi connectivity index (χ4n) is 4.08. The lowest BCUT2D eigenvalue weighted by Crippen LogP contribution is -2.44. The highest BCUT2D eigenvalue weighted by Crippen LogP contribution is 2.21. The average Bonchev–Trinajstić information content (AvgIpc) is 3.33. The molecule has 0 bridgehead atoms. The van der Waals surface area contributed by atoms with E-state index in [0.717, 1.165) is 36.3 Å². The molecular weight excluding hydrogens is 549 g/mol. The van der Waals surface area contributed by atoms with Crippen molar-refractivity contribution >= 4 is 28.9 Å². The summed E-state index contributed by atoms with van der Waals surface area (Å²) in [5.74, 6) is -1.93. The number of carbonyl (C=O) groups excluding carboxylic acids is 1. The molecule has 1 aliphatic heterocycles. The number of hydrogen-bond acceptors (Lipinski definition) is 8. The van der Waals surface area contributed by atoms with Crippen molar-refractivity contribution < 1.29 is 32.6 Å². The lowest BCUT2D eigenvalue weighted by atomic mass is 10.1. The van der Waals surface area contributed by atoms with Gasteiger partial charge in [0.1, 0.15) is 5.75 Å². The molecule has 3 aromatic rings. The van der Waals surface area contributed by atoms with Gasteiger partial charge >= 0.3 is 17.8 Å². The summed E-state index contributed by atoms with van der Waals surface area (Å²) in [4.78, 5) is 55.4. The van der Waals surface area contributed by atoms with E-state index < -0.39 is 23.4 Å². The molecule has 1 fully saturated rings. The second-order valence-corrected chi connectivity index (χ2v) is 9.40. The summed E-state index contributed by atoms with van der Waals surface area (Å²) in [5.41, 5.74) is 1.000. The van der Waals surface area contributed by atoms with Crippen LogP contribution in [-0.2, 0) is 24.9 Å². The van der Waals surface area contributed by atoms with Crippen LogP contribution in [0.4, 0.5) is 19.1 Å². The van der Waals surface area contributed by atoms with Crippen LogP contribution in [0.15, 0.2) is 45.5 Å². The molecule has 0 radical (unpaired) electrons. The highest BCUT2D eigenvalue weighted by atomic mass is 19.4. The number of benzene rings is 1. The van der Waals surface area contributed by atoms with Crippen LogP contribution < -0.4 is 26.2 Å². The largest absolute Gasteiger partial charge is 0.497 e. The molecule has 222 valence electrons.